The van der Waals surface area contributed by atoms with E-state index in [-0.39, 0.29) is 17.9 Å². The first-order valence-electron chi connectivity index (χ1n) is 9.40. The molecular formula is C21H19Cl2N3O2. The Morgan fingerprint density at radius 1 is 0.857 bits per heavy atom. The first-order chi connectivity index (χ1) is 13.5. The summed E-state index contributed by atoms with van der Waals surface area (Å²) in [5, 5.41) is 4.88. The molecule has 0 aromatic heterocycles. The molecule has 5 rings (SSSR count). The highest BCUT2D eigenvalue weighted by Crippen LogP contribution is 2.50. The average molecular weight is 416 g/mol. The summed E-state index contributed by atoms with van der Waals surface area (Å²) in [6.07, 6.45) is 0.972. The van der Waals surface area contributed by atoms with Gasteiger partial charge in [-0.2, -0.15) is 0 Å². The van der Waals surface area contributed by atoms with Crippen molar-refractivity contribution in [2.75, 3.05) is 18.0 Å². The van der Waals surface area contributed by atoms with Gasteiger partial charge in [0.15, 0.2) is 0 Å². The van der Waals surface area contributed by atoms with Crippen molar-refractivity contribution < 1.29 is 9.59 Å². The number of hydrogen-bond acceptors (Lipinski definition) is 4. The normalized spacial score (nSPS) is 27.5. The lowest BCUT2D eigenvalue weighted by atomic mass is 9.89. The molecule has 2 aromatic rings. The van der Waals surface area contributed by atoms with Gasteiger partial charge in [0.1, 0.15) is 6.04 Å². The molecule has 3 aliphatic rings. The molecule has 0 spiro atoms. The molecule has 3 fully saturated rings. The molecule has 3 heterocycles. The van der Waals surface area contributed by atoms with Crippen LogP contribution in [0.2, 0.25) is 10.0 Å². The quantitative estimate of drug-likeness (QED) is 0.698. The second-order valence-electron chi connectivity index (χ2n) is 7.59. The second-order valence-corrected chi connectivity index (χ2v) is 8.40. The summed E-state index contributed by atoms with van der Waals surface area (Å²) in [5.41, 5.74) is 2.51. The van der Waals surface area contributed by atoms with E-state index in [1.54, 1.807) is 18.2 Å². The van der Waals surface area contributed by atoms with Gasteiger partial charge in [-0.15, -0.1) is 0 Å². The largest absolute Gasteiger partial charge is 0.274 e. The highest BCUT2D eigenvalue weighted by Gasteiger charge is 2.63. The van der Waals surface area contributed by atoms with Crippen LogP contribution in [0.5, 0.6) is 0 Å². The number of imide groups is 1. The topological polar surface area (TPSA) is 43.9 Å². The summed E-state index contributed by atoms with van der Waals surface area (Å²) in [5.74, 6) is -0.945. The van der Waals surface area contributed by atoms with Gasteiger partial charge in [0, 0.05) is 13.1 Å². The van der Waals surface area contributed by atoms with Crippen LogP contribution in [0.1, 0.15) is 23.6 Å². The second kappa shape index (κ2) is 6.56. The van der Waals surface area contributed by atoms with E-state index >= 15 is 0 Å². The number of rotatable bonds is 2. The Morgan fingerprint density at radius 3 is 2.11 bits per heavy atom. The van der Waals surface area contributed by atoms with Gasteiger partial charge < -0.3 is 0 Å². The number of anilines is 1. The van der Waals surface area contributed by atoms with E-state index in [1.807, 2.05) is 19.1 Å². The van der Waals surface area contributed by atoms with Gasteiger partial charge in [-0.1, -0.05) is 59.1 Å². The van der Waals surface area contributed by atoms with E-state index in [2.05, 4.69) is 22.2 Å². The third-order valence-electron chi connectivity index (χ3n) is 5.99. The summed E-state index contributed by atoms with van der Waals surface area (Å²) in [4.78, 5) is 28.1. The fraction of sp³-hybridized carbons (Fsp3) is 0.333. The molecule has 0 N–H and O–H groups in total. The molecule has 7 heteroatoms. The minimum atomic E-state index is -0.506. The summed E-state index contributed by atoms with van der Waals surface area (Å²) >= 11 is 12.6. The lowest BCUT2D eigenvalue weighted by Gasteiger charge is -2.30. The summed E-state index contributed by atoms with van der Waals surface area (Å²) in [7, 11) is 0. The molecule has 0 saturated carbocycles. The van der Waals surface area contributed by atoms with Gasteiger partial charge in [-0.25, -0.2) is 14.9 Å². The number of halogens is 2. The number of carbonyl (C=O) groups is 2. The van der Waals surface area contributed by atoms with E-state index in [0.29, 0.717) is 15.7 Å². The van der Waals surface area contributed by atoms with Crippen LogP contribution in [-0.4, -0.2) is 41.0 Å². The van der Waals surface area contributed by atoms with E-state index in [4.69, 9.17) is 23.2 Å². The summed E-state index contributed by atoms with van der Waals surface area (Å²) < 4.78 is 0. The summed E-state index contributed by atoms with van der Waals surface area (Å²) in [6.45, 7) is 3.65. The Bertz CT molecular complexity index is 958. The zero-order valence-electron chi connectivity index (χ0n) is 15.3. The highest BCUT2D eigenvalue weighted by molar-refractivity contribution is 6.42. The monoisotopic (exact) mass is 415 g/mol. The SMILES string of the molecule is Cc1ccc([C@H]2[C@H]3C(=O)N(c4c(Cl)cccc4Cl)C(=O)[C@@H]3N3CCCN23)cc1. The molecule has 0 bridgehead atoms. The number of nitrogens with zero attached hydrogens (tertiary/aromatic N) is 3. The average Bonchev–Trinajstić information content (AvgIpc) is 3.30. The number of amides is 2. The Morgan fingerprint density at radius 2 is 1.46 bits per heavy atom. The van der Waals surface area contributed by atoms with Gasteiger partial charge in [-0.3, -0.25) is 9.59 Å². The van der Waals surface area contributed by atoms with Crippen molar-refractivity contribution >= 4 is 40.7 Å². The molecular weight excluding hydrogens is 397 g/mol. The van der Waals surface area contributed by atoms with Crippen molar-refractivity contribution in [3.8, 4) is 0 Å². The van der Waals surface area contributed by atoms with Crippen LogP contribution in [0.25, 0.3) is 0 Å². The smallest absolute Gasteiger partial charge is 0.253 e. The zero-order chi connectivity index (χ0) is 19.6. The van der Waals surface area contributed by atoms with Crippen LogP contribution in [0, 0.1) is 12.8 Å². The number of para-hydroxylation sites is 1. The molecule has 0 aliphatic carbocycles. The van der Waals surface area contributed by atoms with Gasteiger partial charge in [-0.05, 0) is 31.0 Å². The van der Waals surface area contributed by atoms with E-state index in [9.17, 15) is 9.59 Å². The van der Waals surface area contributed by atoms with Crippen molar-refractivity contribution in [2.45, 2.75) is 25.4 Å². The molecule has 2 aromatic carbocycles. The third-order valence-corrected chi connectivity index (χ3v) is 6.60. The minimum Gasteiger partial charge on any atom is -0.274 e. The van der Waals surface area contributed by atoms with E-state index in [1.165, 1.54) is 4.90 Å². The van der Waals surface area contributed by atoms with Crippen molar-refractivity contribution in [1.82, 2.24) is 10.0 Å². The van der Waals surface area contributed by atoms with Crippen LogP contribution in [-0.2, 0) is 9.59 Å². The lowest BCUT2D eigenvalue weighted by molar-refractivity contribution is -0.126. The molecule has 3 aliphatic heterocycles. The zero-order valence-corrected chi connectivity index (χ0v) is 16.8. The predicted molar refractivity (Wildman–Crippen MR) is 108 cm³/mol. The Labute approximate surface area is 173 Å². The number of carbonyl (C=O) groups excluding carboxylic acids is 2. The maximum atomic E-state index is 13.5. The first kappa shape index (κ1) is 18.1. The van der Waals surface area contributed by atoms with Gasteiger partial charge >= 0.3 is 0 Å². The fourth-order valence-electron chi connectivity index (χ4n) is 4.80. The van der Waals surface area contributed by atoms with Crippen molar-refractivity contribution in [2.24, 2.45) is 5.92 Å². The van der Waals surface area contributed by atoms with E-state index in [0.717, 1.165) is 30.6 Å². The summed E-state index contributed by atoms with van der Waals surface area (Å²) in [6, 6.07) is 12.6. The van der Waals surface area contributed by atoms with Gasteiger partial charge in [0.05, 0.1) is 27.7 Å². The van der Waals surface area contributed by atoms with E-state index < -0.39 is 12.0 Å². The maximum Gasteiger partial charge on any atom is 0.253 e. The van der Waals surface area contributed by atoms with Crippen LogP contribution in [0.3, 0.4) is 0 Å². The van der Waals surface area contributed by atoms with Gasteiger partial charge in [0.25, 0.3) is 5.91 Å². The molecule has 5 nitrogen and oxygen atoms in total. The Kier molecular flexibility index (Phi) is 4.25. The molecule has 0 radical (unpaired) electrons. The third kappa shape index (κ3) is 2.47. The number of aryl methyl sites for hydroxylation is 1. The number of hydrogen-bond donors (Lipinski definition) is 0. The van der Waals surface area contributed by atoms with Crippen LogP contribution in [0.4, 0.5) is 5.69 Å². The Balaban J connectivity index is 1.62. The molecule has 144 valence electrons. The van der Waals surface area contributed by atoms with Crippen molar-refractivity contribution in [1.29, 1.82) is 0 Å². The van der Waals surface area contributed by atoms with Crippen LogP contribution >= 0.6 is 23.2 Å². The minimum absolute atomic E-state index is 0.157. The number of hydrazine groups is 1. The number of benzene rings is 2. The lowest BCUT2D eigenvalue weighted by Crippen LogP contribution is -2.44. The Hall–Kier alpha value is -1.92. The van der Waals surface area contributed by atoms with Crippen molar-refractivity contribution in [3.05, 3.63) is 63.6 Å². The van der Waals surface area contributed by atoms with Crippen LogP contribution in [0.15, 0.2) is 42.5 Å². The van der Waals surface area contributed by atoms with Gasteiger partial charge in [0.2, 0.25) is 5.91 Å². The fourth-order valence-corrected chi connectivity index (χ4v) is 5.37. The molecule has 3 saturated heterocycles. The molecule has 3 atom stereocenters. The maximum absolute atomic E-state index is 13.5. The first-order valence-corrected chi connectivity index (χ1v) is 10.2. The van der Waals surface area contributed by atoms with Crippen LogP contribution < -0.4 is 4.90 Å². The van der Waals surface area contributed by atoms with Crippen molar-refractivity contribution in [3.63, 3.8) is 0 Å². The predicted octanol–water partition coefficient (Wildman–Crippen LogP) is 3.84. The highest BCUT2D eigenvalue weighted by atomic mass is 35.5. The molecule has 28 heavy (non-hydrogen) atoms. The molecule has 2 amide bonds. The molecule has 0 unspecified atom stereocenters. The standard InChI is InChI=1S/C21H19Cl2N3O2/c1-12-6-8-13(9-7-12)17-16-19(25-11-3-10-24(17)25)21(28)26(20(16)27)18-14(22)4-2-5-15(18)23/h2,4-9,16-17,19H,3,10-11H2,1H3/t16-,17+,19-/m1/s1. The number of fused-ring (bicyclic) bond motifs is 3.